The monoisotopic (exact) mass is 681 g/mol. The second-order valence-electron chi connectivity index (χ2n) is 10.6. The summed E-state index contributed by atoms with van der Waals surface area (Å²) in [4.78, 5) is 37.3. The summed E-state index contributed by atoms with van der Waals surface area (Å²) in [6.45, 7) is 9.87. The van der Waals surface area contributed by atoms with Gasteiger partial charge in [-0.3, -0.25) is 24.1 Å². The van der Waals surface area contributed by atoms with Crippen LogP contribution in [0.15, 0.2) is 102 Å². The van der Waals surface area contributed by atoms with Crippen molar-refractivity contribution in [1.82, 2.24) is 14.9 Å². The number of anilines is 1. The van der Waals surface area contributed by atoms with Gasteiger partial charge in [-0.1, -0.05) is 30.8 Å². The predicted octanol–water partition coefficient (Wildman–Crippen LogP) is 7.26. The summed E-state index contributed by atoms with van der Waals surface area (Å²) in [7, 11) is 1.66. The first kappa shape index (κ1) is 34.9. The summed E-state index contributed by atoms with van der Waals surface area (Å²) in [6, 6.07) is 20.2. The molecule has 2 aromatic carbocycles. The molecule has 0 aliphatic carbocycles. The van der Waals surface area contributed by atoms with Crippen molar-refractivity contribution in [2.24, 2.45) is 4.99 Å². The van der Waals surface area contributed by atoms with E-state index in [-0.39, 0.29) is 35.1 Å². The molecule has 0 fully saturated rings. The molecule has 12 heteroatoms. The third-order valence-electron chi connectivity index (χ3n) is 7.16. The Labute approximate surface area is 287 Å². The number of carbonyl (C=O) groups excluding carboxylic acids is 1. The largest absolute Gasteiger partial charge is 0.493 e. The Hall–Kier alpha value is -5.43. The van der Waals surface area contributed by atoms with E-state index in [1.54, 1.807) is 63.7 Å². The zero-order chi connectivity index (χ0) is 34.8. The molecule has 0 atom stereocenters. The maximum absolute atomic E-state index is 15.4. The molecule has 0 unspecified atom stereocenters. The maximum atomic E-state index is 15.4. The lowest BCUT2D eigenvalue weighted by atomic mass is 10.2. The van der Waals surface area contributed by atoms with Crippen LogP contribution >= 0.6 is 11.3 Å². The van der Waals surface area contributed by atoms with E-state index in [4.69, 9.17) is 14.2 Å². The van der Waals surface area contributed by atoms with E-state index >= 15 is 4.39 Å². The minimum atomic E-state index is -0.743. The minimum Gasteiger partial charge on any atom is -0.493 e. The average molecular weight is 682 g/mol. The molecule has 2 N–H and O–H groups in total. The Kier molecular flexibility index (Phi) is 11.8. The molecular weight excluding hydrogens is 646 g/mol. The van der Waals surface area contributed by atoms with Crippen LogP contribution in [0, 0.1) is 5.82 Å². The van der Waals surface area contributed by atoms with Crippen molar-refractivity contribution < 1.29 is 23.4 Å². The standard InChI is InChI=1S/C37H36FN5O5S/c1-5-40-30-21-33(29-14-12-25(23-41-29)22-39-17-19-46-4)49-35(30)24(3)48-31-15-13-26(20-28(31)38)42-36(44)34-32(47-6-2)16-18-43(37(34)45)27-10-8-7-9-11-27/h5,7-16,18,20-21,23,39H,3,6,17,19,22H2,1-2,4H3,(H,42,44)/b40-5-. The normalized spacial score (nSPS) is 11.1. The zero-order valence-electron chi connectivity index (χ0n) is 27.4. The Morgan fingerprint density at radius 1 is 1.10 bits per heavy atom. The minimum absolute atomic E-state index is 0.103. The number of thiophene rings is 1. The molecule has 252 valence electrons. The van der Waals surface area contributed by atoms with Gasteiger partial charge >= 0.3 is 0 Å². The first-order chi connectivity index (χ1) is 23.8. The fourth-order valence-electron chi connectivity index (χ4n) is 4.85. The van der Waals surface area contributed by atoms with Gasteiger partial charge in [0.15, 0.2) is 11.6 Å². The third-order valence-corrected chi connectivity index (χ3v) is 8.35. The predicted molar refractivity (Wildman–Crippen MR) is 192 cm³/mol. The van der Waals surface area contributed by atoms with E-state index in [1.807, 2.05) is 30.5 Å². The van der Waals surface area contributed by atoms with Crippen LogP contribution in [0.1, 0.15) is 34.6 Å². The number of hydrogen-bond donors (Lipinski definition) is 2. The van der Waals surface area contributed by atoms with Gasteiger partial charge < -0.3 is 24.8 Å². The lowest BCUT2D eigenvalue weighted by molar-refractivity contribution is 0.102. The molecule has 0 bridgehead atoms. The van der Waals surface area contributed by atoms with E-state index in [2.05, 4.69) is 27.2 Å². The van der Waals surface area contributed by atoms with Gasteiger partial charge in [0.1, 0.15) is 17.1 Å². The van der Waals surface area contributed by atoms with Gasteiger partial charge in [-0.2, -0.15) is 0 Å². The van der Waals surface area contributed by atoms with Crippen LogP contribution in [0.5, 0.6) is 11.5 Å². The second kappa shape index (κ2) is 16.6. The molecule has 0 aliphatic heterocycles. The number of carbonyl (C=O) groups is 1. The van der Waals surface area contributed by atoms with E-state index in [1.165, 1.54) is 28.0 Å². The average Bonchev–Trinajstić information content (AvgIpc) is 3.53. The van der Waals surface area contributed by atoms with Crippen molar-refractivity contribution in [3.05, 3.63) is 124 Å². The number of amides is 1. The number of pyridine rings is 2. The Morgan fingerprint density at radius 2 is 1.92 bits per heavy atom. The van der Waals surface area contributed by atoms with Crippen molar-refractivity contribution in [3.63, 3.8) is 0 Å². The highest BCUT2D eigenvalue weighted by atomic mass is 32.1. The molecule has 10 nitrogen and oxygen atoms in total. The zero-order valence-corrected chi connectivity index (χ0v) is 28.2. The number of para-hydroxylation sites is 1. The molecule has 0 spiro atoms. The number of nitrogens with zero attached hydrogens (tertiary/aromatic N) is 3. The van der Waals surface area contributed by atoms with Crippen molar-refractivity contribution in [2.75, 3.05) is 32.2 Å². The van der Waals surface area contributed by atoms with Gasteiger partial charge in [0.05, 0.1) is 34.3 Å². The van der Waals surface area contributed by atoms with Gasteiger partial charge in [0.25, 0.3) is 11.5 Å². The molecule has 3 heterocycles. The highest BCUT2D eigenvalue weighted by Crippen LogP contribution is 2.40. The number of aromatic nitrogens is 2. The second-order valence-corrected chi connectivity index (χ2v) is 11.6. The summed E-state index contributed by atoms with van der Waals surface area (Å²) in [5.41, 5.74) is 2.32. The molecule has 1 amide bonds. The maximum Gasteiger partial charge on any atom is 0.271 e. The van der Waals surface area contributed by atoms with Crippen LogP contribution in [-0.4, -0.2) is 48.5 Å². The molecule has 5 rings (SSSR count). The van der Waals surface area contributed by atoms with E-state index < -0.39 is 17.3 Å². The molecule has 0 radical (unpaired) electrons. The number of nitrogens with one attached hydrogen (secondary N) is 2. The van der Waals surface area contributed by atoms with Crippen LogP contribution in [0.3, 0.4) is 0 Å². The fraction of sp³-hybridized carbons (Fsp3) is 0.189. The molecule has 5 aromatic rings. The first-order valence-electron chi connectivity index (χ1n) is 15.5. The van der Waals surface area contributed by atoms with Gasteiger partial charge in [-0.25, -0.2) is 4.39 Å². The first-order valence-corrected chi connectivity index (χ1v) is 16.3. The summed E-state index contributed by atoms with van der Waals surface area (Å²) >= 11 is 1.38. The van der Waals surface area contributed by atoms with Crippen molar-refractivity contribution in [1.29, 1.82) is 0 Å². The highest BCUT2D eigenvalue weighted by molar-refractivity contribution is 7.17. The number of halogens is 1. The number of hydrogen-bond acceptors (Lipinski definition) is 9. The Balaban J connectivity index is 1.32. The van der Waals surface area contributed by atoms with E-state index in [9.17, 15) is 9.59 Å². The van der Waals surface area contributed by atoms with Crippen molar-refractivity contribution in [3.8, 4) is 27.8 Å². The molecule has 0 saturated heterocycles. The number of methoxy groups -OCH3 is 1. The molecule has 0 aliphatic rings. The lowest BCUT2D eigenvalue weighted by Gasteiger charge is -2.14. The van der Waals surface area contributed by atoms with Crippen molar-refractivity contribution >= 4 is 40.6 Å². The van der Waals surface area contributed by atoms with Crippen LogP contribution in [-0.2, 0) is 11.3 Å². The quantitative estimate of drug-likeness (QED) is 0.0679. The summed E-state index contributed by atoms with van der Waals surface area (Å²) in [5, 5.41) is 5.91. The molecule has 3 aromatic heterocycles. The molecular formula is C37H36FN5O5S. The number of aliphatic imine (C=N–C) groups is 1. The van der Waals surface area contributed by atoms with Gasteiger partial charge in [-0.15, -0.1) is 11.3 Å². The smallest absolute Gasteiger partial charge is 0.271 e. The fourth-order valence-corrected chi connectivity index (χ4v) is 5.84. The molecule has 0 saturated carbocycles. The summed E-state index contributed by atoms with van der Waals surface area (Å²) in [5.74, 6) is -1.27. The summed E-state index contributed by atoms with van der Waals surface area (Å²) in [6.07, 6.45) is 5.01. The lowest BCUT2D eigenvalue weighted by Crippen LogP contribution is -2.29. The van der Waals surface area contributed by atoms with Crippen LogP contribution in [0.25, 0.3) is 22.0 Å². The van der Waals surface area contributed by atoms with Crippen LogP contribution in [0.4, 0.5) is 15.8 Å². The van der Waals surface area contributed by atoms with E-state index in [0.29, 0.717) is 29.4 Å². The molecule has 49 heavy (non-hydrogen) atoms. The SMILES string of the molecule is C=C(Oc1ccc(NC(=O)c2c(OCC)ccn(-c3ccccc3)c2=O)cc1F)c1sc(-c2ccc(CNCCOC)cn2)cc1/N=C\C. The number of ether oxygens (including phenoxy) is 3. The van der Waals surface area contributed by atoms with Gasteiger partial charge in [0.2, 0.25) is 0 Å². The third kappa shape index (κ3) is 8.54. The van der Waals surface area contributed by atoms with Crippen LogP contribution < -0.4 is 25.7 Å². The topological polar surface area (TPSA) is 116 Å². The van der Waals surface area contributed by atoms with Gasteiger partial charge in [-0.05, 0) is 61.9 Å². The van der Waals surface area contributed by atoms with E-state index in [0.717, 1.165) is 28.7 Å². The van der Waals surface area contributed by atoms with Crippen LogP contribution in [0.2, 0.25) is 0 Å². The number of benzene rings is 2. The van der Waals surface area contributed by atoms with Crippen molar-refractivity contribution in [2.45, 2.75) is 20.4 Å². The number of rotatable bonds is 15. The Morgan fingerprint density at radius 3 is 2.61 bits per heavy atom. The highest BCUT2D eigenvalue weighted by Gasteiger charge is 2.21. The summed E-state index contributed by atoms with van der Waals surface area (Å²) < 4.78 is 33.2. The Bertz CT molecular complexity index is 2010. The van der Waals surface area contributed by atoms with Gasteiger partial charge in [0, 0.05) is 56.2 Å².